The molecule has 46 heavy (non-hydrogen) atoms. The van der Waals surface area contributed by atoms with Crippen molar-refractivity contribution in [3.8, 4) is 5.75 Å². The number of hydrogen-bond acceptors (Lipinski definition) is 10. The van der Waals surface area contributed by atoms with E-state index in [-0.39, 0.29) is 72.5 Å². The summed E-state index contributed by atoms with van der Waals surface area (Å²) in [6.07, 6.45) is 0.204. The number of nitrogens with zero attached hydrogens (tertiary/aromatic N) is 1. The number of carbonyl (C=O) groups is 5. The normalized spacial score (nSPS) is 14.5. The first-order valence-electron chi connectivity index (χ1n) is 14.3. The van der Waals surface area contributed by atoms with E-state index in [1.54, 1.807) is 41.9 Å². The van der Waals surface area contributed by atoms with Crippen molar-refractivity contribution in [3.05, 3.63) is 65.2 Å². The zero-order valence-corrected chi connectivity index (χ0v) is 29.0. The van der Waals surface area contributed by atoms with Crippen molar-refractivity contribution < 1.29 is 76.4 Å². The van der Waals surface area contributed by atoms with Gasteiger partial charge in [0, 0.05) is 25.8 Å². The standard InChI is InChI=1S/C30H38N4O10S.Na/c1-18(2)15-23(24(27(36)33-40)17-34-29(38)21-7-4-5-8-22(21)30(34)39)26(35)32-25(28(37)31-3)16-19-9-11-20(12-10-19)44-13-6-14-45(41,42)43;/h4-5,7-12,18,23-25,40H,6,13-17H2,1-3H3,(H,31,37)(H,32,35)(H,33,36)(H,41,42,43);/q;+1/p-1. The minimum absolute atomic E-state index is 0. The zero-order chi connectivity index (χ0) is 33.3. The van der Waals surface area contributed by atoms with Gasteiger partial charge in [-0.1, -0.05) is 38.1 Å². The molecule has 5 amide bonds. The molecule has 0 fully saturated rings. The summed E-state index contributed by atoms with van der Waals surface area (Å²) in [5, 5.41) is 14.7. The second-order valence-corrected chi connectivity index (χ2v) is 12.6. The van der Waals surface area contributed by atoms with E-state index in [0.29, 0.717) is 11.3 Å². The molecular weight excluding hydrogens is 631 g/mol. The molecule has 244 valence electrons. The maximum Gasteiger partial charge on any atom is 1.00 e. The fourth-order valence-corrected chi connectivity index (χ4v) is 5.56. The summed E-state index contributed by atoms with van der Waals surface area (Å²) >= 11 is 0. The SMILES string of the molecule is CNC(=O)C(Cc1ccc(OCCCS(=O)(=O)[O-])cc1)NC(=O)C(CC(C)C)C(CN1C(=O)c2ccccc2C1=O)C(=O)NO.[Na+]. The summed E-state index contributed by atoms with van der Waals surface area (Å²) in [4.78, 5) is 66.5. The van der Waals surface area contributed by atoms with Crippen LogP contribution in [0.25, 0.3) is 0 Å². The van der Waals surface area contributed by atoms with Crippen LogP contribution in [-0.4, -0.2) is 84.6 Å². The number of hydroxylamine groups is 1. The Labute approximate surface area is 289 Å². The maximum atomic E-state index is 13.8. The molecule has 3 rings (SSSR count). The number of amides is 5. The van der Waals surface area contributed by atoms with Gasteiger partial charge in [0.2, 0.25) is 17.7 Å². The fraction of sp³-hybridized carbons (Fsp3) is 0.433. The first-order chi connectivity index (χ1) is 21.2. The molecule has 0 radical (unpaired) electrons. The Kier molecular flexibility index (Phi) is 14.8. The number of hydrogen-bond donors (Lipinski definition) is 4. The van der Waals surface area contributed by atoms with Crippen LogP contribution in [0.4, 0.5) is 0 Å². The molecule has 0 saturated carbocycles. The summed E-state index contributed by atoms with van der Waals surface area (Å²) < 4.78 is 37.7. The summed E-state index contributed by atoms with van der Waals surface area (Å²) in [6.45, 7) is 3.17. The zero-order valence-electron chi connectivity index (χ0n) is 26.1. The van der Waals surface area contributed by atoms with Gasteiger partial charge in [0.05, 0.1) is 39.7 Å². The van der Waals surface area contributed by atoms with E-state index < -0.39 is 69.8 Å². The van der Waals surface area contributed by atoms with Crippen LogP contribution in [0.2, 0.25) is 0 Å². The predicted molar refractivity (Wildman–Crippen MR) is 159 cm³/mol. The number of ether oxygens (including phenoxy) is 1. The fourth-order valence-electron chi connectivity index (χ4n) is 5.08. The topological polar surface area (TPSA) is 211 Å². The van der Waals surface area contributed by atoms with Gasteiger partial charge in [-0.3, -0.25) is 34.1 Å². The number of nitrogens with one attached hydrogen (secondary N) is 3. The number of rotatable bonds is 16. The molecule has 1 aliphatic rings. The van der Waals surface area contributed by atoms with E-state index in [0.717, 1.165) is 4.90 Å². The molecule has 14 nitrogen and oxygen atoms in total. The third-order valence-corrected chi connectivity index (χ3v) is 8.09. The van der Waals surface area contributed by atoms with Crippen LogP contribution >= 0.6 is 0 Å². The van der Waals surface area contributed by atoms with Crippen molar-refractivity contribution in [1.82, 2.24) is 21.0 Å². The summed E-state index contributed by atoms with van der Waals surface area (Å²) in [5.74, 6) is -6.16. The minimum Gasteiger partial charge on any atom is -0.748 e. The van der Waals surface area contributed by atoms with E-state index in [1.807, 2.05) is 13.8 Å². The number of benzene rings is 2. The molecule has 0 spiro atoms. The molecule has 1 heterocycles. The number of carbonyl (C=O) groups excluding carboxylic acids is 5. The molecule has 1 aliphatic heterocycles. The molecule has 2 aromatic rings. The smallest absolute Gasteiger partial charge is 0.748 e. The third-order valence-electron chi connectivity index (χ3n) is 7.30. The van der Waals surface area contributed by atoms with Crippen molar-refractivity contribution >= 4 is 39.7 Å². The van der Waals surface area contributed by atoms with E-state index in [4.69, 9.17) is 4.74 Å². The van der Waals surface area contributed by atoms with Crippen LogP contribution in [0.1, 0.15) is 53.0 Å². The maximum absolute atomic E-state index is 13.8. The van der Waals surface area contributed by atoms with Crippen LogP contribution in [0.5, 0.6) is 5.75 Å². The number of imide groups is 1. The van der Waals surface area contributed by atoms with E-state index in [2.05, 4.69) is 10.6 Å². The monoisotopic (exact) mass is 668 g/mol. The van der Waals surface area contributed by atoms with Crippen molar-refractivity contribution in [2.24, 2.45) is 17.8 Å². The first kappa shape index (κ1) is 38.8. The minimum atomic E-state index is -4.34. The first-order valence-corrected chi connectivity index (χ1v) is 15.9. The molecular formula is C30H37N4NaO10S. The van der Waals surface area contributed by atoms with E-state index in [1.165, 1.54) is 19.2 Å². The van der Waals surface area contributed by atoms with Gasteiger partial charge < -0.3 is 19.9 Å². The summed E-state index contributed by atoms with van der Waals surface area (Å²) in [6, 6.07) is 11.6. The average molecular weight is 669 g/mol. The second-order valence-electron chi connectivity index (χ2n) is 11.1. The van der Waals surface area contributed by atoms with Crippen LogP contribution in [0.3, 0.4) is 0 Å². The van der Waals surface area contributed by atoms with Gasteiger partial charge in [0.15, 0.2) is 0 Å². The molecule has 2 aromatic carbocycles. The predicted octanol–water partition coefficient (Wildman–Crippen LogP) is -2.14. The molecule has 4 N–H and O–H groups in total. The quantitative estimate of drug-likeness (QED) is 0.0381. The summed E-state index contributed by atoms with van der Waals surface area (Å²) in [7, 11) is -2.94. The Morgan fingerprint density at radius 2 is 1.52 bits per heavy atom. The van der Waals surface area contributed by atoms with Crippen LogP contribution in [-0.2, 0) is 30.9 Å². The molecule has 0 bridgehead atoms. The van der Waals surface area contributed by atoms with Crippen LogP contribution in [0, 0.1) is 17.8 Å². The van der Waals surface area contributed by atoms with E-state index >= 15 is 0 Å². The Hall–Kier alpha value is -3.34. The van der Waals surface area contributed by atoms with Gasteiger partial charge in [-0.15, -0.1) is 0 Å². The van der Waals surface area contributed by atoms with Gasteiger partial charge in [0.25, 0.3) is 11.8 Å². The third kappa shape index (κ3) is 10.6. The van der Waals surface area contributed by atoms with Crippen molar-refractivity contribution in [1.29, 1.82) is 0 Å². The number of fused-ring (bicyclic) bond motifs is 1. The van der Waals surface area contributed by atoms with Crippen molar-refractivity contribution in [3.63, 3.8) is 0 Å². The van der Waals surface area contributed by atoms with Crippen molar-refractivity contribution in [2.75, 3.05) is 26.0 Å². The Bertz CT molecular complexity index is 1480. The Morgan fingerprint density at radius 3 is 2.02 bits per heavy atom. The molecule has 0 aliphatic carbocycles. The average Bonchev–Trinajstić information content (AvgIpc) is 3.24. The largest absolute Gasteiger partial charge is 1.00 e. The molecule has 3 unspecified atom stereocenters. The van der Waals surface area contributed by atoms with Gasteiger partial charge in [0.1, 0.15) is 11.8 Å². The molecule has 3 atom stereocenters. The van der Waals surface area contributed by atoms with Gasteiger partial charge in [-0.05, 0) is 48.6 Å². The Balaban J connectivity index is 0.00000736. The van der Waals surface area contributed by atoms with Gasteiger partial charge in [-0.25, -0.2) is 13.9 Å². The molecule has 0 saturated heterocycles. The van der Waals surface area contributed by atoms with Gasteiger partial charge in [-0.2, -0.15) is 0 Å². The molecule has 0 aromatic heterocycles. The molecule has 16 heteroatoms. The van der Waals surface area contributed by atoms with Gasteiger partial charge >= 0.3 is 29.6 Å². The second kappa shape index (κ2) is 17.5. The van der Waals surface area contributed by atoms with E-state index in [9.17, 15) is 42.2 Å². The van der Waals surface area contributed by atoms with Crippen LogP contribution < -0.4 is 50.4 Å². The number of likely N-dealkylation sites (N-methyl/N-ethyl adjacent to an activating group) is 1. The van der Waals surface area contributed by atoms with Crippen LogP contribution in [0.15, 0.2) is 48.5 Å². The summed E-state index contributed by atoms with van der Waals surface area (Å²) in [5.41, 5.74) is 2.52. The Morgan fingerprint density at radius 1 is 0.935 bits per heavy atom. The van der Waals surface area contributed by atoms with Crippen molar-refractivity contribution in [2.45, 2.75) is 39.2 Å².